The van der Waals surface area contributed by atoms with E-state index in [1.165, 1.54) is 0 Å². The molecule has 1 heterocycles. The molecule has 3 nitrogen and oxygen atoms in total. The molecule has 0 bridgehead atoms. The van der Waals surface area contributed by atoms with Gasteiger partial charge in [0.15, 0.2) is 0 Å². The number of aliphatic hydroxyl groups excluding tert-OH is 1. The topological polar surface area (TPSA) is 52.5 Å². The van der Waals surface area contributed by atoms with E-state index in [2.05, 4.69) is 5.32 Å². The number of nitrogens with one attached hydrogen (secondary N) is 1. The highest BCUT2D eigenvalue weighted by atomic mass is 16.3. The Hall–Kier alpha value is -1.22. The van der Waals surface area contributed by atoms with E-state index in [9.17, 15) is 0 Å². The van der Waals surface area contributed by atoms with Crippen LogP contribution in [0.5, 0.6) is 5.75 Å². The summed E-state index contributed by atoms with van der Waals surface area (Å²) in [6.45, 7) is 0. The van der Waals surface area contributed by atoms with Crippen molar-refractivity contribution in [3.05, 3.63) is 23.8 Å². The molecule has 58 valence electrons. The van der Waals surface area contributed by atoms with E-state index in [1.807, 2.05) is 0 Å². The third-order valence-corrected chi connectivity index (χ3v) is 1.82. The van der Waals surface area contributed by atoms with Crippen LogP contribution in [0.15, 0.2) is 18.2 Å². The average molecular weight is 151 g/mol. The molecule has 0 spiro atoms. The second-order valence-electron chi connectivity index (χ2n) is 2.71. The number of rotatable bonds is 0. The Bertz CT molecular complexity index is 285. The van der Waals surface area contributed by atoms with Crippen LogP contribution < -0.4 is 5.32 Å². The Kier molecular flexibility index (Phi) is 1.26. The maximum atomic E-state index is 9.15. The molecule has 11 heavy (non-hydrogen) atoms. The number of fused-ring (bicyclic) bond motifs is 1. The normalized spacial score (nSPS) is 21.0. The first-order valence-electron chi connectivity index (χ1n) is 3.52. The first-order valence-corrected chi connectivity index (χ1v) is 3.52. The van der Waals surface area contributed by atoms with Crippen LogP contribution in [0.1, 0.15) is 5.56 Å². The molecule has 0 aromatic heterocycles. The van der Waals surface area contributed by atoms with Crippen LogP contribution in [0, 0.1) is 0 Å². The minimum Gasteiger partial charge on any atom is -0.508 e. The van der Waals surface area contributed by atoms with Gasteiger partial charge in [0.1, 0.15) is 12.0 Å². The van der Waals surface area contributed by atoms with Gasteiger partial charge in [-0.1, -0.05) is 0 Å². The third-order valence-electron chi connectivity index (χ3n) is 1.82. The van der Waals surface area contributed by atoms with Crippen molar-refractivity contribution in [3.63, 3.8) is 0 Å². The molecule has 1 aliphatic heterocycles. The number of benzene rings is 1. The molecule has 3 N–H and O–H groups in total. The Labute approximate surface area is 64.3 Å². The van der Waals surface area contributed by atoms with Crippen LogP contribution in [0.25, 0.3) is 0 Å². The molecular weight excluding hydrogens is 142 g/mol. The molecular formula is C8H9NO2. The summed E-state index contributed by atoms with van der Waals surface area (Å²) in [5.74, 6) is 0.250. The lowest BCUT2D eigenvalue weighted by atomic mass is 10.1. The number of hydrogen-bond donors (Lipinski definition) is 3. The lowest BCUT2D eigenvalue weighted by Gasteiger charge is -2.00. The van der Waals surface area contributed by atoms with Gasteiger partial charge in [-0.25, -0.2) is 0 Å². The van der Waals surface area contributed by atoms with E-state index < -0.39 is 6.23 Å². The molecule has 0 fully saturated rings. The lowest BCUT2D eigenvalue weighted by molar-refractivity contribution is 0.212. The van der Waals surface area contributed by atoms with Gasteiger partial charge >= 0.3 is 0 Å². The van der Waals surface area contributed by atoms with Gasteiger partial charge in [0, 0.05) is 12.1 Å². The van der Waals surface area contributed by atoms with E-state index in [0.29, 0.717) is 6.42 Å². The van der Waals surface area contributed by atoms with Crippen LogP contribution in [0.4, 0.5) is 5.69 Å². The smallest absolute Gasteiger partial charge is 0.128 e. The van der Waals surface area contributed by atoms with Crippen LogP contribution in [0.3, 0.4) is 0 Å². The van der Waals surface area contributed by atoms with E-state index in [0.717, 1.165) is 11.3 Å². The molecule has 1 aromatic carbocycles. The predicted molar refractivity (Wildman–Crippen MR) is 41.4 cm³/mol. The number of aliphatic hydroxyl groups is 1. The van der Waals surface area contributed by atoms with Crippen molar-refractivity contribution >= 4 is 5.69 Å². The summed E-state index contributed by atoms with van der Waals surface area (Å²) in [5.41, 5.74) is 1.88. The fraction of sp³-hybridized carbons (Fsp3) is 0.250. The summed E-state index contributed by atoms with van der Waals surface area (Å²) in [6.07, 6.45) is 0.0794. The van der Waals surface area contributed by atoms with Crippen molar-refractivity contribution < 1.29 is 10.2 Å². The summed E-state index contributed by atoms with van der Waals surface area (Å²) < 4.78 is 0. The molecule has 0 saturated carbocycles. The fourth-order valence-electron chi connectivity index (χ4n) is 1.33. The molecule has 0 amide bonds. The first-order chi connectivity index (χ1) is 5.25. The lowest BCUT2D eigenvalue weighted by Crippen LogP contribution is -2.12. The number of anilines is 1. The van der Waals surface area contributed by atoms with Gasteiger partial charge < -0.3 is 15.5 Å². The second-order valence-corrected chi connectivity index (χ2v) is 2.71. The van der Waals surface area contributed by atoms with Crippen LogP contribution >= 0.6 is 0 Å². The molecule has 1 aliphatic rings. The molecule has 3 heteroatoms. The zero-order valence-corrected chi connectivity index (χ0v) is 5.91. The molecule has 2 rings (SSSR count). The summed E-state index contributed by atoms with van der Waals surface area (Å²) >= 11 is 0. The van der Waals surface area contributed by atoms with Gasteiger partial charge in [-0.05, 0) is 23.8 Å². The second kappa shape index (κ2) is 2.13. The number of hydrogen-bond acceptors (Lipinski definition) is 3. The fourth-order valence-corrected chi connectivity index (χ4v) is 1.33. The maximum Gasteiger partial charge on any atom is 0.128 e. The van der Waals surface area contributed by atoms with Crippen molar-refractivity contribution in [3.8, 4) is 5.75 Å². The van der Waals surface area contributed by atoms with Crippen molar-refractivity contribution in [1.82, 2.24) is 0 Å². The molecule has 1 aromatic rings. The largest absolute Gasteiger partial charge is 0.508 e. The number of phenols is 1. The van der Waals surface area contributed by atoms with Gasteiger partial charge in [-0.15, -0.1) is 0 Å². The van der Waals surface area contributed by atoms with Crippen LogP contribution in [0.2, 0.25) is 0 Å². The molecule has 1 unspecified atom stereocenters. The summed E-state index contributed by atoms with van der Waals surface area (Å²) in [7, 11) is 0. The predicted octanol–water partition coefficient (Wildman–Crippen LogP) is 0.679. The highest BCUT2D eigenvalue weighted by Gasteiger charge is 2.17. The van der Waals surface area contributed by atoms with Gasteiger partial charge in [0.05, 0.1) is 0 Å². The average Bonchev–Trinajstić information content (AvgIpc) is 2.27. The van der Waals surface area contributed by atoms with Crippen molar-refractivity contribution in [1.29, 1.82) is 0 Å². The monoisotopic (exact) mass is 151 g/mol. The first kappa shape index (κ1) is 6.49. The highest BCUT2D eigenvalue weighted by molar-refractivity contribution is 5.58. The molecule has 1 atom stereocenters. The van der Waals surface area contributed by atoms with Crippen molar-refractivity contribution in [2.75, 3.05) is 5.32 Å². The summed E-state index contributed by atoms with van der Waals surface area (Å²) in [6, 6.07) is 5.03. The van der Waals surface area contributed by atoms with Crippen molar-refractivity contribution in [2.24, 2.45) is 0 Å². The minimum absolute atomic E-state index is 0.250. The van der Waals surface area contributed by atoms with Crippen LogP contribution in [-0.2, 0) is 6.42 Å². The van der Waals surface area contributed by atoms with E-state index in [1.54, 1.807) is 18.2 Å². The van der Waals surface area contributed by atoms with Crippen LogP contribution in [-0.4, -0.2) is 16.4 Å². The van der Waals surface area contributed by atoms with Gasteiger partial charge in [0.25, 0.3) is 0 Å². The Morgan fingerprint density at radius 3 is 3.09 bits per heavy atom. The minimum atomic E-state index is -0.494. The highest BCUT2D eigenvalue weighted by Crippen LogP contribution is 2.27. The van der Waals surface area contributed by atoms with E-state index in [-0.39, 0.29) is 5.75 Å². The standard InChI is InChI=1S/C8H9NO2/c10-6-1-2-7-5(3-6)4-8(11)9-7/h1-3,8-11H,4H2. The molecule has 0 aliphatic carbocycles. The zero-order chi connectivity index (χ0) is 7.84. The van der Waals surface area contributed by atoms with Crippen molar-refractivity contribution in [2.45, 2.75) is 12.6 Å². The van der Waals surface area contributed by atoms with E-state index >= 15 is 0 Å². The Morgan fingerprint density at radius 1 is 1.45 bits per heavy atom. The zero-order valence-electron chi connectivity index (χ0n) is 5.91. The van der Waals surface area contributed by atoms with Gasteiger partial charge in [-0.2, -0.15) is 0 Å². The quantitative estimate of drug-likeness (QED) is 0.478. The van der Waals surface area contributed by atoms with E-state index in [4.69, 9.17) is 10.2 Å². The maximum absolute atomic E-state index is 9.15. The SMILES string of the molecule is Oc1ccc2c(c1)CC(O)N2. The molecule has 0 saturated heterocycles. The third kappa shape index (κ3) is 1.03. The Balaban J connectivity index is 2.43. The number of aromatic hydroxyl groups is 1. The van der Waals surface area contributed by atoms with Gasteiger partial charge in [0.2, 0.25) is 0 Å². The summed E-state index contributed by atoms with van der Waals surface area (Å²) in [4.78, 5) is 0. The number of phenolic OH excluding ortho intramolecular Hbond substituents is 1. The van der Waals surface area contributed by atoms with Gasteiger partial charge in [-0.3, -0.25) is 0 Å². The summed E-state index contributed by atoms with van der Waals surface area (Å²) in [5, 5.41) is 21.1. The molecule has 0 radical (unpaired) electrons. The Morgan fingerprint density at radius 2 is 2.27 bits per heavy atom.